The zero-order valence-corrected chi connectivity index (χ0v) is 25.9. The summed E-state index contributed by atoms with van der Waals surface area (Å²) in [6.45, 7) is 4.67. The van der Waals surface area contributed by atoms with Crippen molar-refractivity contribution >= 4 is 5.97 Å². The van der Waals surface area contributed by atoms with Crippen molar-refractivity contribution in [2.24, 2.45) is 0 Å². The Morgan fingerprint density at radius 1 is 0.595 bits per heavy atom. The second-order valence-electron chi connectivity index (χ2n) is 11.5. The highest BCUT2D eigenvalue weighted by Crippen LogP contribution is 2.18. The summed E-state index contributed by atoms with van der Waals surface area (Å²) >= 11 is 0. The topological polar surface area (TPSA) is 29.5 Å². The van der Waals surface area contributed by atoms with Gasteiger partial charge in [0.25, 0.3) is 0 Å². The van der Waals surface area contributed by atoms with Crippen LogP contribution < -0.4 is 0 Å². The molecular weight excluding hydrogens is 454 g/mol. The summed E-state index contributed by atoms with van der Waals surface area (Å²) in [7, 11) is 4.56. The van der Waals surface area contributed by atoms with Gasteiger partial charge < -0.3 is 9.64 Å². The smallest absolute Gasteiger partial charge is 0.305 e. The second-order valence-corrected chi connectivity index (χ2v) is 11.5. The fourth-order valence-electron chi connectivity index (χ4n) is 5.23. The van der Waals surface area contributed by atoms with Gasteiger partial charge in [0.05, 0.1) is 6.61 Å². The normalized spacial score (nSPS) is 12.6. The largest absolute Gasteiger partial charge is 0.466 e. The van der Waals surface area contributed by atoms with Crippen molar-refractivity contribution in [2.75, 3.05) is 20.7 Å². The lowest BCUT2D eigenvalue weighted by Crippen LogP contribution is -2.27. The van der Waals surface area contributed by atoms with Crippen molar-refractivity contribution in [1.82, 2.24) is 4.90 Å². The molecule has 0 radical (unpaired) electrons. The quantitative estimate of drug-likeness (QED) is 0.0557. The van der Waals surface area contributed by atoms with Crippen molar-refractivity contribution in [2.45, 2.75) is 180 Å². The highest BCUT2D eigenvalue weighted by atomic mass is 16.5. The maximum absolute atomic E-state index is 11.3. The number of nitrogens with zero attached hydrogens (tertiary/aromatic N) is 1. The molecule has 0 rings (SSSR count). The monoisotopic (exact) mass is 522 g/mol. The van der Waals surface area contributed by atoms with E-state index in [-0.39, 0.29) is 5.97 Å². The lowest BCUT2D eigenvalue weighted by molar-refractivity contribution is -0.143. The van der Waals surface area contributed by atoms with Gasteiger partial charge in [-0.25, -0.2) is 0 Å². The first kappa shape index (κ1) is 36.2. The number of unbranched alkanes of at least 4 members (excludes halogenated alkanes) is 19. The predicted molar refractivity (Wildman–Crippen MR) is 164 cm³/mol. The van der Waals surface area contributed by atoms with Crippen molar-refractivity contribution in [3.8, 4) is 0 Å². The first-order chi connectivity index (χ1) is 18.1. The van der Waals surface area contributed by atoms with E-state index >= 15 is 0 Å². The number of carbonyl (C=O) groups is 1. The molecule has 0 N–H and O–H groups in total. The molecule has 0 aromatic rings. The van der Waals surface area contributed by atoms with Crippen LogP contribution in [-0.2, 0) is 9.53 Å². The third-order valence-corrected chi connectivity index (χ3v) is 7.75. The maximum Gasteiger partial charge on any atom is 0.305 e. The molecule has 0 fully saturated rings. The van der Waals surface area contributed by atoms with E-state index in [1.807, 2.05) is 6.92 Å². The Hall–Kier alpha value is -0.830. The van der Waals surface area contributed by atoms with Crippen LogP contribution in [0.25, 0.3) is 0 Å². The fourth-order valence-corrected chi connectivity index (χ4v) is 5.23. The van der Waals surface area contributed by atoms with Crippen molar-refractivity contribution in [3.63, 3.8) is 0 Å². The second kappa shape index (κ2) is 29.7. The standard InChI is InChI=1S/C34H67NO2/c1-5-7-8-9-21-24-27-30-33(35(3)4)31-28-25-22-19-17-15-13-11-10-12-14-16-18-20-23-26-29-32-34(36)37-6-2/h12,14,33H,5-11,13,15-32H2,1-4H3/b14-12-. The van der Waals surface area contributed by atoms with E-state index in [9.17, 15) is 4.79 Å². The van der Waals surface area contributed by atoms with Crippen molar-refractivity contribution < 1.29 is 9.53 Å². The molecule has 0 saturated heterocycles. The number of rotatable bonds is 29. The molecule has 3 nitrogen and oxygen atoms in total. The van der Waals surface area contributed by atoms with Crippen LogP contribution in [0, 0.1) is 0 Å². The molecule has 0 aromatic carbocycles. The van der Waals surface area contributed by atoms with Crippen LogP contribution in [0.5, 0.6) is 0 Å². The summed E-state index contributed by atoms with van der Waals surface area (Å²) in [5.41, 5.74) is 0. The highest BCUT2D eigenvalue weighted by Gasteiger charge is 2.10. The molecule has 0 saturated carbocycles. The van der Waals surface area contributed by atoms with E-state index in [4.69, 9.17) is 4.74 Å². The third kappa shape index (κ3) is 28.0. The lowest BCUT2D eigenvalue weighted by atomic mass is 9.99. The first-order valence-corrected chi connectivity index (χ1v) is 16.6. The van der Waals surface area contributed by atoms with Gasteiger partial charge in [0.15, 0.2) is 0 Å². The summed E-state index contributed by atoms with van der Waals surface area (Å²) < 4.78 is 4.96. The molecule has 0 spiro atoms. The van der Waals surface area contributed by atoms with Gasteiger partial charge in [-0.3, -0.25) is 4.79 Å². The van der Waals surface area contributed by atoms with Gasteiger partial charge in [-0.2, -0.15) is 0 Å². The number of hydrogen-bond acceptors (Lipinski definition) is 3. The van der Waals surface area contributed by atoms with E-state index < -0.39 is 0 Å². The van der Waals surface area contributed by atoms with Gasteiger partial charge in [-0.15, -0.1) is 0 Å². The van der Waals surface area contributed by atoms with Gasteiger partial charge >= 0.3 is 5.97 Å². The van der Waals surface area contributed by atoms with Gasteiger partial charge in [0.1, 0.15) is 0 Å². The maximum atomic E-state index is 11.3. The highest BCUT2D eigenvalue weighted by molar-refractivity contribution is 5.69. The van der Waals surface area contributed by atoms with Crippen LogP contribution >= 0.6 is 0 Å². The molecule has 37 heavy (non-hydrogen) atoms. The summed E-state index contributed by atoms with van der Waals surface area (Å²) in [5.74, 6) is -0.0386. The van der Waals surface area contributed by atoms with Crippen LogP contribution in [0.2, 0.25) is 0 Å². The molecule has 220 valence electrons. The molecule has 0 aliphatic heterocycles. The Balaban J connectivity index is 3.39. The van der Waals surface area contributed by atoms with Gasteiger partial charge in [-0.1, -0.05) is 128 Å². The zero-order chi connectivity index (χ0) is 27.2. The Bertz CT molecular complexity index is 488. The minimum absolute atomic E-state index is 0.0386. The molecule has 0 aromatic heterocycles. The van der Waals surface area contributed by atoms with E-state index in [1.54, 1.807) is 0 Å². The molecule has 0 aliphatic carbocycles. The number of allylic oxidation sites excluding steroid dienone is 2. The Morgan fingerprint density at radius 2 is 1.00 bits per heavy atom. The minimum Gasteiger partial charge on any atom is -0.466 e. The fraction of sp³-hybridized carbons (Fsp3) is 0.912. The number of carbonyl (C=O) groups excluding carboxylic acids is 1. The van der Waals surface area contributed by atoms with Crippen LogP contribution in [0.4, 0.5) is 0 Å². The van der Waals surface area contributed by atoms with Gasteiger partial charge in [0, 0.05) is 12.5 Å². The summed E-state index contributed by atoms with van der Waals surface area (Å²) in [5, 5.41) is 0. The summed E-state index contributed by atoms with van der Waals surface area (Å²) in [4.78, 5) is 13.8. The number of hydrogen-bond donors (Lipinski definition) is 0. The molecule has 3 heteroatoms. The third-order valence-electron chi connectivity index (χ3n) is 7.75. The number of ether oxygens (including phenoxy) is 1. The van der Waals surface area contributed by atoms with Crippen LogP contribution in [0.1, 0.15) is 174 Å². The van der Waals surface area contributed by atoms with E-state index in [2.05, 4.69) is 38.1 Å². The molecule has 1 atom stereocenters. The van der Waals surface area contributed by atoms with E-state index in [1.165, 1.54) is 141 Å². The molecule has 0 amide bonds. The van der Waals surface area contributed by atoms with E-state index in [0.717, 1.165) is 18.9 Å². The summed E-state index contributed by atoms with van der Waals surface area (Å²) in [6.07, 6.45) is 37.8. The summed E-state index contributed by atoms with van der Waals surface area (Å²) in [6, 6.07) is 0.798. The molecular formula is C34H67NO2. The van der Waals surface area contributed by atoms with Gasteiger partial charge in [-0.05, 0) is 66.0 Å². The molecule has 0 aliphatic rings. The molecule has 1 unspecified atom stereocenters. The SMILES string of the molecule is CCCCCCCCCC(CCCCCCCCCC/C=C\CCCCCCCC(=O)OCC)N(C)C. The van der Waals surface area contributed by atoms with E-state index in [0.29, 0.717) is 13.0 Å². The Labute approximate surface area is 233 Å². The predicted octanol–water partition coefficient (Wildman–Crippen LogP) is 10.8. The molecule has 0 heterocycles. The van der Waals surface area contributed by atoms with Crippen molar-refractivity contribution in [3.05, 3.63) is 12.2 Å². The van der Waals surface area contributed by atoms with Crippen LogP contribution in [-0.4, -0.2) is 37.6 Å². The van der Waals surface area contributed by atoms with Gasteiger partial charge in [0.2, 0.25) is 0 Å². The Kier molecular flexibility index (Phi) is 29.1. The van der Waals surface area contributed by atoms with Crippen molar-refractivity contribution in [1.29, 1.82) is 0 Å². The average Bonchev–Trinajstić information content (AvgIpc) is 2.88. The van der Waals surface area contributed by atoms with Crippen LogP contribution in [0.15, 0.2) is 12.2 Å². The number of esters is 1. The lowest BCUT2D eigenvalue weighted by Gasteiger charge is -2.24. The minimum atomic E-state index is -0.0386. The first-order valence-electron chi connectivity index (χ1n) is 16.6. The average molecular weight is 522 g/mol. The molecule has 0 bridgehead atoms. The zero-order valence-electron chi connectivity index (χ0n) is 25.9. The Morgan fingerprint density at radius 3 is 1.43 bits per heavy atom. The van der Waals surface area contributed by atoms with Crippen LogP contribution in [0.3, 0.4) is 0 Å².